The number of likely N-dealkylation sites (tertiary alicyclic amines) is 1. The molecule has 1 aliphatic heterocycles. The van der Waals surface area contributed by atoms with E-state index in [9.17, 15) is 0 Å². The number of hydrogen-bond donors (Lipinski definition) is 1. The molecule has 0 atom stereocenters. The topological polar surface area (TPSA) is 64.3 Å². The SMILES string of the molecule is CC(C)(C)c1nc(N)cc(OCCN2CCCC2)n1. The Labute approximate surface area is 115 Å². The van der Waals surface area contributed by atoms with Gasteiger partial charge in [0.15, 0.2) is 0 Å². The number of rotatable bonds is 4. The van der Waals surface area contributed by atoms with Crippen molar-refractivity contribution in [1.82, 2.24) is 14.9 Å². The summed E-state index contributed by atoms with van der Waals surface area (Å²) in [5, 5.41) is 0. The third-order valence-electron chi connectivity index (χ3n) is 3.25. The predicted molar refractivity (Wildman–Crippen MR) is 76.3 cm³/mol. The van der Waals surface area contributed by atoms with Gasteiger partial charge in [-0.25, -0.2) is 4.98 Å². The van der Waals surface area contributed by atoms with Gasteiger partial charge in [-0.2, -0.15) is 4.98 Å². The molecule has 0 aliphatic carbocycles. The zero-order chi connectivity index (χ0) is 13.9. The summed E-state index contributed by atoms with van der Waals surface area (Å²) in [6.07, 6.45) is 2.60. The van der Waals surface area contributed by atoms with Gasteiger partial charge in [-0.3, -0.25) is 4.90 Å². The first-order valence-electron chi connectivity index (χ1n) is 6.95. The molecule has 2 N–H and O–H groups in total. The molecular formula is C14H24N4O. The summed E-state index contributed by atoms with van der Waals surface area (Å²) < 4.78 is 5.71. The Kier molecular flexibility index (Phi) is 4.24. The molecule has 19 heavy (non-hydrogen) atoms. The second-order valence-electron chi connectivity index (χ2n) is 6.10. The average molecular weight is 264 g/mol. The number of anilines is 1. The van der Waals surface area contributed by atoms with Gasteiger partial charge in [0.05, 0.1) is 0 Å². The van der Waals surface area contributed by atoms with E-state index in [1.807, 2.05) is 0 Å². The van der Waals surface area contributed by atoms with E-state index in [1.165, 1.54) is 25.9 Å². The van der Waals surface area contributed by atoms with E-state index in [1.54, 1.807) is 6.07 Å². The summed E-state index contributed by atoms with van der Waals surface area (Å²) in [5.41, 5.74) is 5.69. The lowest BCUT2D eigenvalue weighted by Crippen LogP contribution is -2.25. The minimum atomic E-state index is -0.123. The number of nitrogens with two attached hydrogens (primary N) is 1. The molecule has 0 amide bonds. The maximum atomic E-state index is 5.81. The molecule has 1 aromatic rings. The number of ether oxygens (including phenoxy) is 1. The Morgan fingerprint density at radius 1 is 1.26 bits per heavy atom. The number of hydrogen-bond acceptors (Lipinski definition) is 5. The fraction of sp³-hybridized carbons (Fsp3) is 0.714. The second-order valence-corrected chi connectivity index (χ2v) is 6.10. The van der Waals surface area contributed by atoms with Crippen molar-refractivity contribution in [3.63, 3.8) is 0 Å². The van der Waals surface area contributed by atoms with Crippen LogP contribution < -0.4 is 10.5 Å². The standard InChI is InChI=1S/C14H24N4O/c1-14(2,3)13-16-11(15)10-12(17-13)19-9-8-18-6-4-5-7-18/h10H,4-9H2,1-3H3,(H2,15,16,17). The van der Waals surface area contributed by atoms with Crippen LogP contribution in [0.1, 0.15) is 39.4 Å². The molecule has 1 aromatic heterocycles. The van der Waals surface area contributed by atoms with Crippen molar-refractivity contribution < 1.29 is 4.74 Å². The number of nitrogens with zero attached hydrogens (tertiary/aromatic N) is 3. The molecule has 1 aliphatic rings. The summed E-state index contributed by atoms with van der Waals surface area (Å²) in [6, 6.07) is 1.69. The van der Waals surface area contributed by atoms with Crippen LogP contribution in [-0.2, 0) is 5.41 Å². The molecule has 5 heteroatoms. The molecule has 0 radical (unpaired) electrons. The van der Waals surface area contributed by atoms with E-state index < -0.39 is 0 Å². The van der Waals surface area contributed by atoms with Crippen LogP contribution in [0.5, 0.6) is 5.88 Å². The highest BCUT2D eigenvalue weighted by atomic mass is 16.5. The summed E-state index contributed by atoms with van der Waals surface area (Å²) in [7, 11) is 0. The highest BCUT2D eigenvalue weighted by Crippen LogP contribution is 2.22. The molecule has 1 saturated heterocycles. The van der Waals surface area contributed by atoms with E-state index in [0.717, 1.165) is 12.4 Å². The van der Waals surface area contributed by atoms with Gasteiger partial charge >= 0.3 is 0 Å². The van der Waals surface area contributed by atoms with Gasteiger partial charge < -0.3 is 10.5 Å². The van der Waals surface area contributed by atoms with Crippen LogP contribution in [0.3, 0.4) is 0 Å². The zero-order valence-electron chi connectivity index (χ0n) is 12.1. The van der Waals surface area contributed by atoms with Crippen molar-refractivity contribution in [2.75, 3.05) is 32.0 Å². The van der Waals surface area contributed by atoms with E-state index in [0.29, 0.717) is 18.3 Å². The fourth-order valence-corrected chi connectivity index (χ4v) is 2.14. The Balaban J connectivity index is 1.94. The summed E-state index contributed by atoms with van der Waals surface area (Å²) in [6.45, 7) is 10.2. The van der Waals surface area contributed by atoms with Crippen LogP contribution in [-0.4, -0.2) is 41.1 Å². The minimum Gasteiger partial charge on any atom is -0.476 e. The quantitative estimate of drug-likeness (QED) is 0.899. The van der Waals surface area contributed by atoms with Gasteiger partial charge in [-0.1, -0.05) is 20.8 Å². The monoisotopic (exact) mass is 264 g/mol. The third-order valence-corrected chi connectivity index (χ3v) is 3.25. The Hall–Kier alpha value is -1.36. The summed E-state index contributed by atoms with van der Waals surface area (Å²) >= 11 is 0. The largest absolute Gasteiger partial charge is 0.476 e. The van der Waals surface area contributed by atoms with E-state index in [2.05, 4.69) is 35.6 Å². The number of nitrogen functional groups attached to an aromatic ring is 1. The Bertz CT molecular complexity index is 422. The van der Waals surface area contributed by atoms with Crippen LogP contribution >= 0.6 is 0 Å². The molecule has 2 heterocycles. The molecular weight excluding hydrogens is 240 g/mol. The van der Waals surface area contributed by atoms with E-state index in [-0.39, 0.29) is 5.41 Å². The zero-order valence-corrected chi connectivity index (χ0v) is 12.1. The smallest absolute Gasteiger partial charge is 0.218 e. The lowest BCUT2D eigenvalue weighted by molar-refractivity contribution is 0.230. The van der Waals surface area contributed by atoms with Crippen LogP contribution in [0.4, 0.5) is 5.82 Å². The first-order valence-corrected chi connectivity index (χ1v) is 6.95. The van der Waals surface area contributed by atoms with Gasteiger partial charge in [0.25, 0.3) is 0 Å². The van der Waals surface area contributed by atoms with Crippen molar-refractivity contribution in [1.29, 1.82) is 0 Å². The molecule has 0 saturated carbocycles. The minimum absolute atomic E-state index is 0.123. The first kappa shape index (κ1) is 14.1. The third kappa shape index (κ3) is 4.06. The fourth-order valence-electron chi connectivity index (χ4n) is 2.14. The molecule has 1 fully saturated rings. The van der Waals surface area contributed by atoms with Crippen LogP contribution in [0.15, 0.2) is 6.07 Å². The maximum Gasteiger partial charge on any atom is 0.218 e. The van der Waals surface area contributed by atoms with Crippen LogP contribution in [0.2, 0.25) is 0 Å². The van der Waals surface area contributed by atoms with Crippen molar-refractivity contribution in [2.24, 2.45) is 0 Å². The Morgan fingerprint density at radius 2 is 1.95 bits per heavy atom. The Morgan fingerprint density at radius 3 is 2.58 bits per heavy atom. The normalized spacial score (nSPS) is 16.8. The molecule has 0 bridgehead atoms. The summed E-state index contributed by atoms with van der Waals surface area (Å²) in [4.78, 5) is 11.1. The van der Waals surface area contributed by atoms with Crippen molar-refractivity contribution in [2.45, 2.75) is 39.0 Å². The summed E-state index contributed by atoms with van der Waals surface area (Å²) in [5.74, 6) is 1.77. The van der Waals surface area contributed by atoms with Crippen LogP contribution in [0, 0.1) is 0 Å². The molecule has 0 aromatic carbocycles. The van der Waals surface area contributed by atoms with Gasteiger partial charge in [-0.15, -0.1) is 0 Å². The van der Waals surface area contributed by atoms with Crippen molar-refractivity contribution >= 4 is 5.82 Å². The molecule has 0 unspecified atom stereocenters. The van der Waals surface area contributed by atoms with E-state index >= 15 is 0 Å². The van der Waals surface area contributed by atoms with Crippen molar-refractivity contribution in [3.05, 3.63) is 11.9 Å². The lowest BCUT2D eigenvalue weighted by Gasteiger charge is -2.18. The van der Waals surface area contributed by atoms with Gasteiger partial charge in [0.1, 0.15) is 18.2 Å². The molecule has 0 spiro atoms. The van der Waals surface area contributed by atoms with E-state index in [4.69, 9.17) is 10.5 Å². The highest BCUT2D eigenvalue weighted by molar-refractivity contribution is 5.34. The van der Waals surface area contributed by atoms with Gasteiger partial charge in [-0.05, 0) is 25.9 Å². The van der Waals surface area contributed by atoms with Crippen LogP contribution in [0.25, 0.3) is 0 Å². The average Bonchev–Trinajstić information content (AvgIpc) is 2.80. The number of aromatic nitrogens is 2. The predicted octanol–water partition coefficient (Wildman–Crippen LogP) is 1.83. The molecule has 5 nitrogen and oxygen atoms in total. The van der Waals surface area contributed by atoms with Gasteiger partial charge in [0, 0.05) is 18.0 Å². The lowest BCUT2D eigenvalue weighted by atomic mass is 9.96. The maximum absolute atomic E-state index is 5.81. The first-order chi connectivity index (χ1) is 8.95. The van der Waals surface area contributed by atoms with Crippen molar-refractivity contribution in [3.8, 4) is 5.88 Å². The highest BCUT2D eigenvalue weighted by Gasteiger charge is 2.19. The molecule has 106 valence electrons. The second kappa shape index (κ2) is 5.74. The van der Waals surface area contributed by atoms with Gasteiger partial charge in [0.2, 0.25) is 5.88 Å². The molecule has 2 rings (SSSR count).